The van der Waals surface area contributed by atoms with Gasteiger partial charge < -0.3 is 9.84 Å². The highest BCUT2D eigenvalue weighted by Crippen LogP contribution is 2.31. The lowest BCUT2D eigenvalue weighted by Gasteiger charge is -2.20. The third-order valence-electron chi connectivity index (χ3n) is 4.40. The number of nitro benzene ring substituents is 1. The summed E-state index contributed by atoms with van der Waals surface area (Å²) in [6.45, 7) is 3.31. The van der Waals surface area contributed by atoms with Gasteiger partial charge in [0.2, 0.25) is 0 Å². The normalized spacial score (nSPS) is 14.3. The number of aliphatic hydroxyl groups excluding tert-OH is 1. The topological polar surface area (TPSA) is 110 Å². The summed E-state index contributed by atoms with van der Waals surface area (Å²) in [4.78, 5) is 36.2. The number of ether oxygens (including phenoxy) is 1. The van der Waals surface area contributed by atoms with Crippen LogP contribution in [0.3, 0.4) is 0 Å². The zero-order valence-corrected chi connectivity index (χ0v) is 14.8. The average molecular weight is 370 g/mol. The van der Waals surface area contributed by atoms with Crippen molar-refractivity contribution in [1.29, 1.82) is 0 Å². The summed E-state index contributed by atoms with van der Waals surface area (Å²) in [6, 6.07) is 9.53. The third-order valence-corrected chi connectivity index (χ3v) is 4.40. The van der Waals surface area contributed by atoms with E-state index in [2.05, 4.69) is 0 Å². The second kappa shape index (κ2) is 7.16. The molecular weight excluding hydrogens is 352 g/mol. The predicted molar refractivity (Wildman–Crippen MR) is 95.9 cm³/mol. The fraction of sp³-hybridized carbons (Fsp3) is 0.263. The van der Waals surface area contributed by atoms with Crippen LogP contribution < -0.4 is 4.74 Å². The summed E-state index contributed by atoms with van der Waals surface area (Å²) in [5, 5.41) is 21.4. The van der Waals surface area contributed by atoms with E-state index >= 15 is 0 Å². The molecule has 3 rings (SSSR count). The number of nitro groups is 1. The maximum atomic E-state index is 12.5. The first kappa shape index (κ1) is 18.5. The number of fused-ring (bicyclic) bond motifs is 1. The molecule has 8 nitrogen and oxygen atoms in total. The largest absolute Gasteiger partial charge is 0.490 e. The molecule has 0 bridgehead atoms. The summed E-state index contributed by atoms with van der Waals surface area (Å²) in [5.74, 6) is -0.812. The van der Waals surface area contributed by atoms with Crippen LogP contribution in [0.2, 0.25) is 0 Å². The minimum Gasteiger partial charge on any atom is -0.490 e. The van der Waals surface area contributed by atoms with Gasteiger partial charge in [0, 0.05) is 6.07 Å². The van der Waals surface area contributed by atoms with Gasteiger partial charge in [-0.3, -0.25) is 24.6 Å². The smallest absolute Gasteiger partial charge is 0.282 e. The molecular formula is C19H18N2O6. The molecule has 0 aliphatic carbocycles. The van der Waals surface area contributed by atoms with Crippen LogP contribution in [0.15, 0.2) is 36.4 Å². The van der Waals surface area contributed by atoms with Crippen molar-refractivity contribution >= 4 is 17.5 Å². The molecule has 1 N–H and O–H groups in total. The van der Waals surface area contributed by atoms with Gasteiger partial charge in [0.15, 0.2) is 0 Å². The molecule has 2 amide bonds. The van der Waals surface area contributed by atoms with E-state index in [-0.39, 0.29) is 24.3 Å². The van der Waals surface area contributed by atoms with Gasteiger partial charge in [0.25, 0.3) is 17.5 Å². The summed E-state index contributed by atoms with van der Waals surface area (Å²) < 4.78 is 5.64. The van der Waals surface area contributed by atoms with Crippen molar-refractivity contribution in [3.8, 4) is 5.75 Å². The highest BCUT2D eigenvalue weighted by atomic mass is 16.6. The molecule has 1 aliphatic heterocycles. The van der Waals surface area contributed by atoms with Crippen LogP contribution >= 0.6 is 0 Å². The molecule has 8 heteroatoms. The fourth-order valence-electron chi connectivity index (χ4n) is 3.10. The Morgan fingerprint density at radius 2 is 1.74 bits per heavy atom. The molecule has 1 aliphatic rings. The van der Waals surface area contributed by atoms with Crippen molar-refractivity contribution in [2.45, 2.75) is 20.0 Å². The first-order valence-electron chi connectivity index (χ1n) is 8.32. The first-order chi connectivity index (χ1) is 12.8. The Labute approximate surface area is 155 Å². The number of imide groups is 1. The van der Waals surface area contributed by atoms with Crippen molar-refractivity contribution in [2.24, 2.45) is 0 Å². The van der Waals surface area contributed by atoms with Crippen LogP contribution in [-0.4, -0.2) is 46.0 Å². The molecule has 0 saturated carbocycles. The molecule has 0 unspecified atom stereocenters. The lowest BCUT2D eigenvalue weighted by Crippen LogP contribution is -2.39. The van der Waals surface area contributed by atoms with Crippen LogP contribution in [-0.2, 0) is 0 Å². The van der Waals surface area contributed by atoms with Crippen LogP contribution in [0.5, 0.6) is 5.75 Å². The summed E-state index contributed by atoms with van der Waals surface area (Å²) in [6.07, 6.45) is -1.13. The molecule has 0 aromatic heterocycles. The number of β-amino-alcohol motifs (C(OH)–C–C–N with tert-alkyl or cyclic N) is 1. The monoisotopic (exact) mass is 370 g/mol. The standard InChI is InChI=1S/C19H18N2O6/c1-11-5-3-6-12(2)17(11)27-10-13(22)9-20-18(23)14-7-4-8-15(21(25)26)16(14)19(20)24/h3-8,13,22H,9-10H2,1-2H3/t13-/m0/s1. The van der Waals surface area contributed by atoms with Gasteiger partial charge in [0.1, 0.15) is 24.0 Å². The molecule has 27 heavy (non-hydrogen) atoms. The van der Waals surface area contributed by atoms with Crippen molar-refractivity contribution in [2.75, 3.05) is 13.2 Å². The van der Waals surface area contributed by atoms with Gasteiger partial charge >= 0.3 is 0 Å². The van der Waals surface area contributed by atoms with E-state index in [9.17, 15) is 24.8 Å². The fourth-order valence-corrected chi connectivity index (χ4v) is 3.10. The Balaban J connectivity index is 1.73. The van der Waals surface area contributed by atoms with E-state index in [4.69, 9.17) is 4.74 Å². The highest BCUT2D eigenvalue weighted by Gasteiger charge is 2.41. The molecule has 1 atom stereocenters. The quantitative estimate of drug-likeness (QED) is 0.474. The van der Waals surface area contributed by atoms with Gasteiger partial charge in [-0.2, -0.15) is 0 Å². The Morgan fingerprint density at radius 1 is 1.11 bits per heavy atom. The number of amides is 2. The Morgan fingerprint density at radius 3 is 2.37 bits per heavy atom. The lowest BCUT2D eigenvalue weighted by atomic mass is 10.1. The van der Waals surface area contributed by atoms with Crippen LogP contribution in [0, 0.1) is 24.0 Å². The minimum atomic E-state index is -1.13. The Bertz CT molecular complexity index is 920. The van der Waals surface area contributed by atoms with Gasteiger partial charge in [-0.25, -0.2) is 0 Å². The SMILES string of the molecule is Cc1cccc(C)c1OC[C@@H](O)CN1C(=O)c2cccc([N+](=O)[O-])c2C1=O. The van der Waals surface area contributed by atoms with Gasteiger partial charge in [-0.05, 0) is 31.0 Å². The average Bonchev–Trinajstić information content (AvgIpc) is 2.86. The van der Waals surface area contributed by atoms with Crippen molar-refractivity contribution in [3.05, 3.63) is 68.8 Å². The number of aliphatic hydroxyl groups is 1. The zero-order valence-electron chi connectivity index (χ0n) is 14.8. The van der Waals surface area contributed by atoms with Gasteiger partial charge in [0.05, 0.1) is 17.0 Å². The maximum absolute atomic E-state index is 12.5. The third kappa shape index (κ3) is 3.39. The molecule has 2 aromatic carbocycles. The van der Waals surface area contributed by atoms with Crippen LogP contribution in [0.25, 0.3) is 0 Å². The number of carbonyl (C=O) groups excluding carboxylic acids is 2. The maximum Gasteiger partial charge on any atom is 0.282 e. The molecule has 2 aromatic rings. The Kier molecular flexibility index (Phi) is 4.91. The van der Waals surface area contributed by atoms with Gasteiger partial charge in [-0.15, -0.1) is 0 Å². The number of hydrogen-bond donors (Lipinski definition) is 1. The number of para-hydroxylation sites is 1. The Hall–Kier alpha value is -3.26. The van der Waals surface area contributed by atoms with Crippen molar-refractivity contribution in [3.63, 3.8) is 0 Å². The predicted octanol–water partition coefficient (Wildman–Crippen LogP) is 2.25. The van der Waals surface area contributed by atoms with E-state index in [0.717, 1.165) is 16.0 Å². The van der Waals surface area contributed by atoms with Crippen molar-refractivity contribution < 1.29 is 24.4 Å². The molecule has 140 valence electrons. The van der Waals surface area contributed by atoms with Gasteiger partial charge in [-0.1, -0.05) is 24.3 Å². The molecule has 0 fully saturated rings. The van der Waals surface area contributed by atoms with E-state index in [0.29, 0.717) is 5.75 Å². The number of aryl methyl sites for hydroxylation is 2. The summed E-state index contributed by atoms with van der Waals surface area (Å²) >= 11 is 0. The molecule has 1 heterocycles. The van der Waals surface area contributed by atoms with Crippen molar-refractivity contribution in [1.82, 2.24) is 4.90 Å². The van der Waals surface area contributed by atoms with E-state index in [1.165, 1.54) is 18.2 Å². The van der Waals surface area contributed by atoms with Crippen LogP contribution in [0.4, 0.5) is 5.69 Å². The van der Waals surface area contributed by atoms with E-state index in [1.807, 2.05) is 32.0 Å². The second-order valence-electron chi connectivity index (χ2n) is 6.36. The number of carbonyl (C=O) groups is 2. The highest BCUT2D eigenvalue weighted by molar-refractivity contribution is 6.23. The minimum absolute atomic E-state index is 0.0305. The van der Waals surface area contributed by atoms with E-state index in [1.54, 1.807) is 0 Å². The summed E-state index contributed by atoms with van der Waals surface area (Å²) in [5.41, 5.74) is 1.11. The number of hydrogen-bond acceptors (Lipinski definition) is 6. The summed E-state index contributed by atoms with van der Waals surface area (Å²) in [7, 11) is 0. The molecule has 0 radical (unpaired) electrons. The second-order valence-corrected chi connectivity index (χ2v) is 6.36. The number of nitrogens with zero attached hydrogens (tertiary/aromatic N) is 2. The zero-order chi connectivity index (χ0) is 19.7. The number of rotatable bonds is 6. The number of benzene rings is 2. The first-order valence-corrected chi connectivity index (χ1v) is 8.32. The molecule has 0 spiro atoms. The molecule has 0 saturated heterocycles. The van der Waals surface area contributed by atoms with E-state index < -0.39 is 28.5 Å². The van der Waals surface area contributed by atoms with Crippen LogP contribution in [0.1, 0.15) is 31.8 Å². The lowest BCUT2D eigenvalue weighted by molar-refractivity contribution is -0.385.